The minimum Gasteiger partial charge on any atom is -0.310 e. The number of nitrogens with one attached hydrogen (secondary N) is 1. The van der Waals surface area contributed by atoms with E-state index in [4.69, 9.17) is 0 Å². The lowest BCUT2D eigenvalue weighted by Crippen LogP contribution is -2.24. The molecule has 1 N–H and O–H groups in total. The monoisotopic (exact) mass is 241 g/mol. The molecule has 1 nitrogen and oxygen atoms in total. The molecule has 1 aromatic rings. The van der Waals surface area contributed by atoms with E-state index in [1.807, 2.05) is 6.92 Å². The van der Waals surface area contributed by atoms with Crippen molar-refractivity contribution in [1.82, 2.24) is 5.32 Å². The van der Waals surface area contributed by atoms with E-state index in [1.165, 1.54) is 18.2 Å². The van der Waals surface area contributed by atoms with Crippen LogP contribution in [-0.4, -0.2) is 6.54 Å². The van der Waals surface area contributed by atoms with Crippen molar-refractivity contribution >= 4 is 0 Å². The van der Waals surface area contributed by atoms with Crippen LogP contribution in [0.4, 0.5) is 8.78 Å². The van der Waals surface area contributed by atoms with Crippen molar-refractivity contribution in [2.24, 2.45) is 5.92 Å². The van der Waals surface area contributed by atoms with E-state index in [0.717, 1.165) is 12.8 Å². The number of hydrogen-bond donors (Lipinski definition) is 1. The van der Waals surface area contributed by atoms with Crippen LogP contribution < -0.4 is 5.32 Å². The van der Waals surface area contributed by atoms with E-state index in [2.05, 4.69) is 19.2 Å². The lowest BCUT2D eigenvalue weighted by Gasteiger charge is -2.22. The van der Waals surface area contributed by atoms with Gasteiger partial charge in [-0.15, -0.1) is 0 Å². The quantitative estimate of drug-likeness (QED) is 0.792. The van der Waals surface area contributed by atoms with Gasteiger partial charge in [0.1, 0.15) is 11.6 Å². The van der Waals surface area contributed by atoms with E-state index in [1.54, 1.807) is 0 Å². The summed E-state index contributed by atoms with van der Waals surface area (Å²) in [6, 6.07) is 3.80. The Morgan fingerprint density at radius 3 is 2.24 bits per heavy atom. The maximum atomic E-state index is 13.7. The van der Waals surface area contributed by atoms with Crippen LogP contribution >= 0.6 is 0 Å². The molecular formula is C14H21F2N. The summed E-state index contributed by atoms with van der Waals surface area (Å²) in [6.07, 6.45) is 1.76. The van der Waals surface area contributed by atoms with Crippen LogP contribution in [0.25, 0.3) is 0 Å². The van der Waals surface area contributed by atoms with Crippen LogP contribution in [0.15, 0.2) is 18.2 Å². The molecule has 1 rings (SSSR count). The van der Waals surface area contributed by atoms with E-state index in [-0.39, 0.29) is 11.6 Å². The summed E-state index contributed by atoms with van der Waals surface area (Å²) in [5.41, 5.74) is 0.176. The van der Waals surface area contributed by atoms with Gasteiger partial charge in [-0.2, -0.15) is 0 Å². The average molecular weight is 241 g/mol. The first-order valence-corrected chi connectivity index (χ1v) is 6.27. The van der Waals surface area contributed by atoms with Crippen LogP contribution in [0.5, 0.6) is 0 Å². The predicted octanol–water partition coefficient (Wildman–Crippen LogP) is 4.05. The molecule has 0 saturated carbocycles. The molecule has 0 amide bonds. The third kappa shape index (κ3) is 3.77. The first-order chi connectivity index (χ1) is 8.10. The Kier molecular flexibility index (Phi) is 5.56. The zero-order valence-electron chi connectivity index (χ0n) is 10.8. The lowest BCUT2D eigenvalue weighted by molar-refractivity contribution is 0.385. The highest BCUT2D eigenvalue weighted by molar-refractivity contribution is 5.23. The molecule has 0 fully saturated rings. The summed E-state index contributed by atoms with van der Waals surface area (Å²) >= 11 is 0. The Hall–Kier alpha value is -0.960. The third-order valence-electron chi connectivity index (χ3n) is 3.13. The van der Waals surface area contributed by atoms with Gasteiger partial charge in [0.2, 0.25) is 0 Å². The third-order valence-corrected chi connectivity index (χ3v) is 3.13. The largest absolute Gasteiger partial charge is 0.310 e. The Labute approximate surface area is 102 Å². The van der Waals surface area contributed by atoms with Crippen molar-refractivity contribution in [2.45, 2.75) is 39.7 Å². The molecule has 0 aliphatic carbocycles. The Morgan fingerprint density at radius 1 is 1.18 bits per heavy atom. The van der Waals surface area contributed by atoms with Crippen molar-refractivity contribution in [3.63, 3.8) is 0 Å². The van der Waals surface area contributed by atoms with Crippen molar-refractivity contribution in [2.75, 3.05) is 6.54 Å². The summed E-state index contributed by atoms with van der Waals surface area (Å²) in [6.45, 7) is 6.84. The summed E-state index contributed by atoms with van der Waals surface area (Å²) in [5.74, 6) is -0.475. The second kappa shape index (κ2) is 6.70. The molecule has 0 bridgehead atoms. The number of rotatable bonds is 6. The fourth-order valence-corrected chi connectivity index (χ4v) is 1.96. The van der Waals surface area contributed by atoms with Crippen LogP contribution in [0.3, 0.4) is 0 Å². The molecule has 17 heavy (non-hydrogen) atoms. The van der Waals surface area contributed by atoms with Gasteiger partial charge < -0.3 is 5.32 Å². The van der Waals surface area contributed by atoms with Gasteiger partial charge in [-0.05, 0) is 31.0 Å². The molecular weight excluding hydrogens is 220 g/mol. The van der Waals surface area contributed by atoms with Crippen molar-refractivity contribution in [1.29, 1.82) is 0 Å². The maximum Gasteiger partial charge on any atom is 0.130 e. The Morgan fingerprint density at radius 2 is 1.76 bits per heavy atom. The molecule has 2 unspecified atom stereocenters. The molecule has 0 aliphatic rings. The topological polar surface area (TPSA) is 12.0 Å². The molecule has 3 heteroatoms. The van der Waals surface area contributed by atoms with E-state index in [9.17, 15) is 8.78 Å². The van der Waals surface area contributed by atoms with Gasteiger partial charge in [-0.25, -0.2) is 8.78 Å². The molecule has 0 aliphatic heterocycles. The number of benzene rings is 1. The second-order valence-electron chi connectivity index (χ2n) is 4.49. The van der Waals surface area contributed by atoms with Gasteiger partial charge >= 0.3 is 0 Å². The highest BCUT2D eigenvalue weighted by Crippen LogP contribution is 2.27. The SMILES string of the molecule is CCNC(CC(C)CC)c1c(F)cccc1F. The van der Waals surface area contributed by atoms with Gasteiger partial charge in [0, 0.05) is 11.6 Å². The molecule has 0 spiro atoms. The van der Waals surface area contributed by atoms with Crippen LogP contribution in [0.1, 0.15) is 45.2 Å². The molecule has 0 saturated heterocycles. The molecule has 0 radical (unpaired) electrons. The summed E-state index contributed by atoms with van der Waals surface area (Å²) in [5, 5.41) is 3.17. The predicted molar refractivity (Wildman–Crippen MR) is 66.8 cm³/mol. The van der Waals surface area contributed by atoms with Crippen LogP contribution in [0.2, 0.25) is 0 Å². The van der Waals surface area contributed by atoms with Gasteiger partial charge in [0.15, 0.2) is 0 Å². The van der Waals surface area contributed by atoms with Crippen molar-refractivity contribution < 1.29 is 8.78 Å². The highest BCUT2D eigenvalue weighted by atomic mass is 19.1. The van der Waals surface area contributed by atoms with Gasteiger partial charge in [-0.1, -0.05) is 33.3 Å². The smallest absolute Gasteiger partial charge is 0.130 e. The molecule has 0 aromatic heterocycles. The summed E-state index contributed by atoms with van der Waals surface area (Å²) < 4.78 is 27.4. The molecule has 0 heterocycles. The second-order valence-corrected chi connectivity index (χ2v) is 4.49. The fourth-order valence-electron chi connectivity index (χ4n) is 1.96. The highest BCUT2D eigenvalue weighted by Gasteiger charge is 2.20. The zero-order valence-corrected chi connectivity index (χ0v) is 10.8. The van der Waals surface area contributed by atoms with Crippen LogP contribution in [0, 0.1) is 17.6 Å². The standard InChI is InChI=1S/C14H21F2N/c1-4-10(3)9-13(17-5-2)14-11(15)7-6-8-12(14)16/h6-8,10,13,17H,4-5,9H2,1-3H3. The van der Waals surface area contributed by atoms with Crippen LogP contribution in [-0.2, 0) is 0 Å². The van der Waals surface area contributed by atoms with Crippen molar-refractivity contribution in [3.8, 4) is 0 Å². The maximum absolute atomic E-state index is 13.7. The van der Waals surface area contributed by atoms with E-state index in [0.29, 0.717) is 12.5 Å². The molecule has 1 aromatic carbocycles. The fraction of sp³-hybridized carbons (Fsp3) is 0.571. The lowest BCUT2D eigenvalue weighted by atomic mass is 9.93. The Bertz CT molecular complexity index is 332. The average Bonchev–Trinajstić information content (AvgIpc) is 2.28. The zero-order chi connectivity index (χ0) is 12.8. The number of hydrogen-bond acceptors (Lipinski definition) is 1. The summed E-state index contributed by atoms with van der Waals surface area (Å²) in [7, 11) is 0. The van der Waals surface area contributed by atoms with Crippen molar-refractivity contribution in [3.05, 3.63) is 35.4 Å². The van der Waals surface area contributed by atoms with E-state index < -0.39 is 11.6 Å². The van der Waals surface area contributed by atoms with Gasteiger partial charge in [-0.3, -0.25) is 0 Å². The normalized spacial score (nSPS) is 14.6. The van der Waals surface area contributed by atoms with Gasteiger partial charge in [0.25, 0.3) is 0 Å². The van der Waals surface area contributed by atoms with E-state index >= 15 is 0 Å². The molecule has 96 valence electrons. The minimum atomic E-state index is -0.459. The molecule has 2 atom stereocenters. The van der Waals surface area contributed by atoms with Gasteiger partial charge in [0.05, 0.1) is 0 Å². The first kappa shape index (κ1) is 14.1. The summed E-state index contributed by atoms with van der Waals surface area (Å²) in [4.78, 5) is 0. The number of halogens is 2. The Balaban J connectivity index is 2.96. The first-order valence-electron chi connectivity index (χ1n) is 6.27. The minimum absolute atomic E-state index is 0.176.